The van der Waals surface area contributed by atoms with E-state index in [2.05, 4.69) is 5.32 Å². The summed E-state index contributed by atoms with van der Waals surface area (Å²) in [5, 5.41) is 10.9. The molecule has 1 rings (SSSR count). The van der Waals surface area contributed by atoms with E-state index in [0.29, 0.717) is 5.76 Å². The van der Waals surface area contributed by atoms with Gasteiger partial charge in [0.15, 0.2) is 0 Å². The van der Waals surface area contributed by atoms with Crippen LogP contribution in [0, 0.1) is 6.92 Å². The first-order valence-electron chi connectivity index (χ1n) is 4.56. The van der Waals surface area contributed by atoms with Crippen molar-refractivity contribution < 1.29 is 19.1 Å². The van der Waals surface area contributed by atoms with Crippen LogP contribution in [0.4, 0.5) is 0 Å². The second-order valence-corrected chi connectivity index (χ2v) is 3.31. The van der Waals surface area contributed by atoms with Crippen molar-refractivity contribution in [3.05, 3.63) is 23.7 Å². The Bertz CT molecular complexity index is 369. The average Bonchev–Trinajstić information content (AvgIpc) is 2.49. The monoisotopic (exact) mass is 211 g/mol. The van der Waals surface area contributed by atoms with Crippen LogP contribution in [0.15, 0.2) is 16.5 Å². The van der Waals surface area contributed by atoms with Crippen LogP contribution < -0.4 is 5.32 Å². The lowest BCUT2D eigenvalue weighted by Crippen LogP contribution is -2.28. The lowest BCUT2D eigenvalue weighted by molar-refractivity contribution is -0.140. The van der Waals surface area contributed by atoms with Crippen LogP contribution in [0.2, 0.25) is 0 Å². The molecule has 1 amide bonds. The SMILES string of the molecule is Cc1ccc(C(C)NC(=O)CC(=O)O)o1. The summed E-state index contributed by atoms with van der Waals surface area (Å²) in [7, 11) is 0. The summed E-state index contributed by atoms with van der Waals surface area (Å²) in [6.07, 6.45) is -0.524. The third kappa shape index (κ3) is 3.46. The van der Waals surface area contributed by atoms with Gasteiger partial charge in [0.05, 0.1) is 6.04 Å². The minimum atomic E-state index is -1.14. The Morgan fingerprint density at radius 3 is 2.67 bits per heavy atom. The Labute approximate surface area is 87.1 Å². The highest BCUT2D eigenvalue weighted by Crippen LogP contribution is 2.15. The summed E-state index contributed by atoms with van der Waals surface area (Å²) in [5.41, 5.74) is 0. The largest absolute Gasteiger partial charge is 0.481 e. The Kier molecular flexibility index (Phi) is 3.49. The number of amides is 1. The molecule has 1 aromatic heterocycles. The van der Waals surface area contributed by atoms with Crippen LogP contribution in [0.25, 0.3) is 0 Å². The fourth-order valence-corrected chi connectivity index (χ4v) is 1.19. The molecule has 1 atom stereocenters. The summed E-state index contributed by atoms with van der Waals surface area (Å²) in [5.74, 6) is -0.296. The lowest BCUT2D eigenvalue weighted by Gasteiger charge is -2.09. The van der Waals surface area contributed by atoms with Crippen molar-refractivity contribution in [1.29, 1.82) is 0 Å². The van der Waals surface area contributed by atoms with E-state index >= 15 is 0 Å². The zero-order valence-electron chi connectivity index (χ0n) is 8.61. The molecule has 0 bridgehead atoms. The Morgan fingerprint density at radius 2 is 2.20 bits per heavy atom. The van der Waals surface area contributed by atoms with Crippen LogP contribution in [-0.2, 0) is 9.59 Å². The molecular formula is C10H13NO4. The van der Waals surface area contributed by atoms with Gasteiger partial charge in [-0.05, 0) is 26.0 Å². The molecule has 15 heavy (non-hydrogen) atoms. The van der Waals surface area contributed by atoms with E-state index in [1.54, 1.807) is 26.0 Å². The number of aliphatic carboxylic acids is 1. The first-order chi connectivity index (χ1) is 6.99. The van der Waals surface area contributed by atoms with Gasteiger partial charge in [0.25, 0.3) is 0 Å². The van der Waals surface area contributed by atoms with E-state index in [1.165, 1.54) is 0 Å². The van der Waals surface area contributed by atoms with Gasteiger partial charge in [-0.2, -0.15) is 0 Å². The predicted molar refractivity (Wildman–Crippen MR) is 52.3 cm³/mol. The van der Waals surface area contributed by atoms with E-state index in [1.807, 2.05) is 0 Å². The van der Waals surface area contributed by atoms with Crippen LogP contribution in [0.3, 0.4) is 0 Å². The molecule has 82 valence electrons. The maximum absolute atomic E-state index is 11.1. The van der Waals surface area contributed by atoms with Crippen LogP contribution >= 0.6 is 0 Å². The molecule has 2 N–H and O–H groups in total. The molecule has 0 aromatic carbocycles. The lowest BCUT2D eigenvalue weighted by atomic mass is 10.2. The van der Waals surface area contributed by atoms with Gasteiger partial charge in [-0.1, -0.05) is 0 Å². The van der Waals surface area contributed by atoms with Crippen molar-refractivity contribution in [3.63, 3.8) is 0 Å². The van der Waals surface area contributed by atoms with Gasteiger partial charge in [0, 0.05) is 0 Å². The van der Waals surface area contributed by atoms with Gasteiger partial charge in [-0.3, -0.25) is 9.59 Å². The number of nitrogens with one attached hydrogen (secondary N) is 1. The standard InChI is InChI=1S/C10H13NO4/c1-6-3-4-8(15-6)7(2)11-9(12)5-10(13)14/h3-4,7H,5H2,1-2H3,(H,11,12)(H,13,14). The molecule has 0 fully saturated rings. The zero-order valence-corrected chi connectivity index (χ0v) is 8.61. The summed E-state index contributed by atoms with van der Waals surface area (Å²) in [6, 6.07) is 3.22. The highest BCUT2D eigenvalue weighted by molar-refractivity contribution is 5.93. The van der Waals surface area contributed by atoms with E-state index in [9.17, 15) is 9.59 Å². The number of carboxylic acid groups (broad SMARTS) is 1. The fraction of sp³-hybridized carbons (Fsp3) is 0.400. The number of rotatable bonds is 4. The van der Waals surface area contributed by atoms with Crippen molar-refractivity contribution in [2.45, 2.75) is 26.3 Å². The maximum atomic E-state index is 11.1. The molecule has 0 saturated heterocycles. The Hall–Kier alpha value is -1.78. The van der Waals surface area contributed by atoms with E-state index in [-0.39, 0.29) is 6.04 Å². The summed E-state index contributed by atoms with van der Waals surface area (Å²) >= 11 is 0. The molecule has 0 aliphatic carbocycles. The molecule has 0 radical (unpaired) electrons. The minimum absolute atomic E-state index is 0.314. The number of aryl methyl sites for hydroxylation is 1. The number of carbonyl (C=O) groups excluding carboxylic acids is 1. The molecule has 5 heteroatoms. The third-order valence-electron chi connectivity index (χ3n) is 1.88. The first kappa shape index (κ1) is 11.3. The normalized spacial score (nSPS) is 12.1. The zero-order chi connectivity index (χ0) is 11.4. The van der Waals surface area contributed by atoms with E-state index < -0.39 is 18.3 Å². The summed E-state index contributed by atoms with van der Waals surface area (Å²) in [6.45, 7) is 3.54. The Balaban J connectivity index is 2.52. The smallest absolute Gasteiger partial charge is 0.312 e. The number of carboxylic acids is 1. The highest BCUT2D eigenvalue weighted by atomic mass is 16.4. The summed E-state index contributed by atoms with van der Waals surface area (Å²) < 4.78 is 5.29. The fourth-order valence-electron chi connectivity index (χ4n) is 1.19. The number of hydrogen-bond donors (Lipinski definition) is 2. The molecule has 5 nitrogen and oxygen atoms in total. The second kappa shape index (κ2) is 4.63. The van der Waals surface area contributed by atoms with Crippen molar-refractivity contribution in [2.75, 3.05) is 0 Å². The quantitative estimate of drug-likeness (QED) is 0.734. The Morgan fingerprint density at radius 1 is 1.53 bits per heavy atom. The van der Waals surface area contributed by atoms with Gasteiger partial charge in [0.2, 0.25) is 5.91 Å². The molecule has 1 unspecified atom stereocenters. The van der Waals surface area contributed by atoms with Crippen molar-refractivity contribution >= 4 is 11.9 Å². The number of carbonyl (C=O) groups is 2. The van der Waals surface area contributed by atoms with Crippen molar-refractivity contribution in [1.82, 2.24) is 5.32 Å². The van der Waals surface area contributed by atoms with E-state index in [0.717, 1.165) is 5.76 Å². The van der Waals surface area contributed by atoms with Gasteiger partial charge < -0.3 is 14.8 Å². The van der Waals surface area contributed by atoms with Crippen molar-refractivity contribution in [2.24, 2.45) is 0 Å². The van der Waals surface area contributed by atoms with Gasteiger partial charge in [0.1, 0.15) is 17.9 Å². The minimum Gasteiger partial charge on any atom is -0.481 e. The van der Waals surface area contributed by atoms with Gasteiger partial charge in [-0.25, -0.2) is 0 Å². The first-order valence-corrected chi connectivity index (χ1v) is 4.56. The van der Waals surface area contributed by atoms with Crippen LogP contribution in [0.5, 0.6) is 0 Å². The molecule has 1 heterocycles. The van der Waals surface area contributed by atoms with E-state index in [4.69, 9.17) is 9.52 Å². The maximum Gasteiger partial charge on any atom is 0.312 e. The number of furan rings is 1. The van der Waals surface area contributed by atoms with Gasteiger partial charge in [-0.15, -0.1) is 0 Å². The van der Waals surface area contributed by atoms with Crippen molar-refractivity contribution in [3.8, 4) is 0 Å². The molecule has 1 aromatic rings. The van der Waals surface area contributed by atoms with Gasteiger partial charge >= 0.3 is 5.97 Å². The average molecular weight is 211 g/mol. The van der Waals surface area contributed by atoms with Crippen LogP contribution in [-0.4, -0.2) is 17.0 Å². The third-order valence-corrected chi connectivity index (χ3v) is 1.88. The van der Waals surface area contributed by atoms with Crippen LogP contribution in [0.1, 0.15) is 30.9 Å². The predicted octanol–water partition coefficient (Wildman–Crippen LogP) is 1.24. The second-order valence-electron chi connectivity index (χ2n) is 3.31. The molecule has 0 aliphatic heterocycles. The molecular weight excluding hydrogens is 198 g/mol. The molecule has 0 aliphatic rings. The highest BCUT2D eigenvalue weighted by Gasteiger charge is 2.14. The topological polar surface area (TPSA) is 79.5 Å². The summed E-state index contributed by atoms with van der Waals surface area (Å²) in [4.78, 5) is 21.4. The molecule has 0 spiro atoms. The molecule has 0 saturated carbocycles. The number of hydrogen-bond acceptors (Lipinski definition) is 3.